The zero-order chi connectivity index (χ0) is 21.8. The van der Waals surface area contributed by atoms with Gasteiger partial charge in [-0.1, -0.05) is 90.0 Å². The summed E-state index contributed by atoms with van der Waals surface area (Å²) in [6.45, 7) is 6.72. The molecule has 0 fully saturated rings. The fourth-order valence-corrected chi connectivity index (χ4v) is 3.74. The fourth-order valence-electron chi connectivity index (χ4n) is 3.74. The van der Waals surface area contributed by atoms with Gasteiger partial charge in [0.2, 0.25) is 0 Å². The third-order valence-corrected chi connectivity index (χ3v) is 5.44. The maximum absolute atomic E-state index is 6.38. The van der Waals surface area contributed by atoms with E-state index >= 15 is 0 Å². The van der Waals surface area contributed by atoms with E-state index in [1.807, 2.05) is 18.2 Å². The van der Waals surface area contributed by atoms with Gasteiger partial charge in [-0.05, 0) is 37.5 Å². The van der Waals surface area contributed by atoms with Crippen molar-refractivity contribution in [2.75, 3.05) is 7.11 Å². The molecule has 0 aliphatic rings. The van der Waals surface area contributed by atoms with Crippen LogP contribution in [0.15, 0.2) is 78.9 Å². The highest BCUT2D eigenvalue weighted by Gasteiger charge is 2.21. The first-order valence-corrected chi connectivity index (χ1v) is 10.5. The number of ether oxygens (including phenoxy) is 2. The molecule has 0 unspecified atom stereocenters. The monoisotopic (exact) mass is 407 g/mol. The molecule has 0 aliphatic carbocycles. The molecule has 0 aliphatic heterocycles. The summed E-state index contributed by atoms with van der Waals surface area (Å²) in [4.78, 5) is 0. The zero-order valence-corrected chi connectivity index (χ0v) is 18.5. The third-order valence-electron chi connectivity index (χ3n) is 5.44. The average Bonchev–Trinajstić information content (AvgIpc) is 2.79. The van der Waals surface area contributed by atoms with Crippen LogP contribution in [0, 0.1) is 26.8 Å². The average molecular weight is 408 g/mol. The molecule has 0 saturated heterocycles. The summed E-state index contributed by atoms with van der Waals surface area (Å²) in [7, 11) is 1.72. The van der Waals surface area contributed by atoms with E-state index < -0.39 is 0 Å². The van der Waals surface area contributed by atoms with E-state index in [1.165, 1.54) is 11.1 Å². The highest BCUT2D eigenvalue weighted by Crippen LogP contribution is 2.46. The van der Waals surface area contributed by atoms with Crippen LogP contribution in [0.4, 0.5) is 0 Å². The zero-order valence-electron chi connectivity index (χ0n) is 18.5. The minimum atomic E-state index is 0.488. The molecule has 0 amide bonds. The molecule has 0 saturated carbocycles. The summed E-state index contributed by atoms with van der Waals surface area (Å²) < 4.78 is 12.4. The van der Waals surface area contributed by atoms with E-state index in [-0.39, 0.29) is 0 Å². The van der Waals surface area contributed by atoms with Gasteiger partial charge in [-0.15, -0.1) is 0 Å². The lowest BCUT2D eigenvalue weighted by Gasteiger charge is -2.21. The van der Waals surface area contributed by atoms with Crippen molar-refractivity contribution in [1.29, 1.82) is 0 Å². The summed E-state index contributed by atoms with van der Waals surface area (Å²) in [6.07, 6.45) is 0. The van der Waals surface area contributed by atoms with Crippen molar-refractivity contribution >= 4 is 0 Å². The molecule has 2 heteroatoms. The Morgan fingerprint density at radius 3 is 1.84 bits per heavy atom. The molecule has 0 N–H and O–H groups in total. The van der Waals surface area contributed by atoms with Crippen LogP contribution in [0.3, 0.4) is 0 Å². The molecule has 0 heterocycles. The SMILES string of the molecule is COc1c(-c2ccc(C)cc2)[c]c(C)c(OCc2ccccc2)c1-c1ccc(C)cc1. The molecular weight excluding hydrogens is 380 g/mol. The van der Waals surface area contributed by atoms with Gasteiger partial charge < -0.3 is 9.47 Å². The van der Waals surface area contributed by atoms with E-state index in [0.717, 1.165) is 44.9 Å². The molecule has 1 radical (unpaired) electrons. The molecule has 4 aromatic rings. The van der Waals surface area contributed by atoms with Crippen LogP contribution in [-0.4, -0.2) is 7.11 Å². The van der Waals surface area contributed by atoms with Crippen molar-refractivity contribution < 1.29 is 9.47 Å². The second-order valence-electron chi connectivity index (χ2n) is 7.87. The predicted octanol–water partition coefficient (Wildman–Crippen LogP) is 7.33. The van der Waals surface area contributed by atoms with E-state index in [9.17, 15) is 0 Å². The minimum Gasteiger partial charge on any atom is -0.495 e. The lowest BCUT2D eigenvalue weighted by atomic mass is 9.93. The molecule has 31 heavy (non-hydrogen) atoms. The number of methoxy groups -OCH3 is 1. The molecule has 155 valence electrons. The number of hydrogen-bond acceptors (Lipinski definition) is 2. The number of rotatable bonds is 6. The Labute approximate surface area is 185 Å². The number of hydrogen-bond donors (Lipinski definition) is 0. The van der Waals surface area contributed by atoms with Crippen LogP contribution < -0.4 is 9.47 Å². The van der Waals surface area contributed by atoms with Crippen LogP contribution in [-0.2, 0) is 6.61 Å². The third kappa shape index (κ3) is 4.49. The molecule has 2 nitrogen and oxygen atoms in total. The molecule has 0 aromatic heterocycles. The van der Waals surface area contributed by atoms with Gasteiger partial charge in [0.15, 0.2) is 0 Å². The Bertz CT molecular complexity index is 1160. The number of benzene rings is 4. The Morgan fingerprint density at radius 1 is 0.677 bits per heavy atom. The van der Waals surface area contributed by atoms with Crippen molar-refractivity contribution in [1.82, 2.24) is 0 Å². The van der Waals surface area contributed by atoms with Crippen molar-refractivity contribution in [2.24, 2.45) is 0 Å². The Hall–Kier alpha value is -3.52. The summed E-state index contributed by atoms with van der Waals surface area (Å²) in [5.74, 6) is 1.58. The first-order valence-electron chi connectivity index (χ1n) is 10.5. The van der Waals surface area contributed by atoms with Crippen LogP contribution in [0.5, 0.6) is 11.5 Å². The highest BCUT2D eigenvalue weighted by atomic mass is 16.5. The molecule has 0 bridgehead atoms. The van der Waals surface area contributed by atoms with E-state index in [4.69, 9.17) is 9.47 Å². The molecule has 4 rings (SSSR count). The Balaban J connectivity index is 1.89. The number of aryl methyl sites for hydroxylation is 3. The van der Waals surface area contributed by atoms with Gasteiger partial charge >= 0.3 is 0 Å². The van der Waals surface area contributed by atoms with Crippen LogP contribution in [0.25, 0.3) is 22.3 Å². The van der Waals surface area contributed by atoms with E-state index in [2.05, 4.69) is 87.5 Å². The highest BCUT2D eigenvalue weighted by molar-refractivity contribution is 5.87. The molecule has 0 atom stereocenters. The Kier molecular flexibility index (Phi) is 6.08. The van der Waals surface area contributed by atoms with Gasteiger partial charge in [0.25, 0.3) is 0 Å². The predicted molar refractivity (Wildman–Crippen MR) is 128 cm³/mol. The van der Waals surface area contributed by atoms with Crippen LogP contribution in [0.1, 0.15) is 22.3 Å². The largest absolute Gasteiger partial charge is 0.495 e. The van der Waals surface area contributed by atoms with Crippen LogP contribution in [0.2, 0.25) is 0 Å². The van der Waals surface area contributed by atoms with Gasteiger partial charge in [0, 0.05) is 17.2 Å². The van der Waals surface area contributed by atoms with Crippen molar-refractivity contribution in [3.63, 3.8) is 0 Å². The lowest BCUT2D eigenvalue weighted by molar-refractivity contribution is 0.303. The van der Waals surface area contributed by atoms with Gasteiger partial charge in [0.1, 0.15) is 18.1 Å². The second kappa shape index (κ2) is 9.09. The van der Waals surface area contributed by atoms with Gasteiger partial charge in [-0.2, -0.15) is 0 Å². The summed E-state index contributed by atoms with van der Waals surface area (Å²) in [5, 5.41) is 0. The maximum Gasteiger partial charge on any atom is 0.138 e. The van der Waals surface area contributed by atoms with Crippen LogP contribution >= 0.6 is 0 Å². The van der Waals surface area contributed by atoms with Crippen molar-refractivity contribution in [3.8, 4) is 33.8 Å². The topological polar surface area (TPSA) is 18.5 Å². The fraction of sp³-hybridized carbons (Fsp3) is 0.172. The van der Waals surface area contributed by atoms with Gasteiger partial charge in [-0.3, -0.25) is 0 Å². The first kappa shape index (κ1) is 20.7. The van der Waals surface area contributed by atoms with Crippen molar-refractivity contribution in [2.45, 2.75) is 27.4 Å². The first-order chi connectivity index (χ1) is 15.1. The van der Waals surface area contributed by atoms with Gasteiger partial charge in [0.05, 0.1) is 12.7 Å². The van der Waals surface area contributed by atoms with Gasteiger partial charge in [-0.25, -0.2) is 0 Å². The standard InChI is InChI=1S/C29H27O2/c1-20-10-14-24(15-11-20)26-18-22(3)28(31-19-23-8-6-5-7-9-23)27(29(26)30-4)25-16-12-21(2)13-17-25/h5-17H,19H2,1-4H3. The molecule has 0 spiro atoms. The minimum absolute atomic E-state index is 0.488. The van der Waals surface area contributed by atoms with E-state index in [0.29, 0.717) is 6.61 Å². The summed E-state index contributed by atoms with van der Waals surface area (Å²) in [5.41, 5.74) is 8.58. The molecule has 4 aromatic carbocycles. The maximum atomic E-state index is 6.38. The Morgan fingerprint density at radius 2 is 1.26 bits per heavy atom. The van der Waals surface area contributed by atoms with E-state index in [1.54, 1.807) is 7.11 Å². The summed E-state index contributed by atoms with van der Waals surface area (Å²) >= 11 is 0. The quantitative estimate of drug-likeness (QED) is 0.333. The second-order valence-corrected chi connectivity index (χ2v) is 7.87. The summed E-state index contributed by atoms with van der Waals surface area (Å²) in [6, 6.07) is 30.7. The molecular formula is C29H27O2. The van der Waals surface area contributed by atoms with Crippen molar-refractivity contribution in [3.05, 3.63) is 107 Å². The normalized spacial score (nSPS) is 10.7. The lowest BCUT2D eigenvalue weighted by Crippen LogP contribution is -2.02. The smallest absolute Gasteiger partial charge is 0.138 e.